The van der Waals surface area contributed by atoms with E-state index in [1.165, 1.54) is 0 Å². The average molecular weight is 328 g/mol. The molecule has 0 unspecified atom stereocenters. The Labute approximate surface area is 130 Å². The van der Waals surface area contributed by atoms with Crippen molar-refractivity contribution in [1.82, 2.24) is 5.01 Å². The fourth-order valence-corrected chi connectivity index (χ4v) is 2.50. The summed E-state index contributed by atoms with van der Waals surface area (Å²) in [6.07, 6.45) is 0. The number of carbonyl (C=O) groups is 1. The van der Waals surface area contributed by atoms with Gasteiger partial charge in [-0.3, -0.25) is 4.79 Å². The Morgan fingerprint density at radius 2 is 1.75 bits per heavy atom. The summed E-state index contributed by atoms with van der Waals surface area (Å²) in [5.74, 6) is -0.160. The van der Waals surface area contributed by atoms with Gasteiger partial charge in [0.05, 0.1) is 0 Å². The number of rotatable bonds is 1. The van der Waals surface area contributed by atoms with E-state index in [0.717, 1.165) is 21.3 Å². The molecule has 1 aliphatic heterocycles. The molecule has 0 saturated carbocycles. The molecule has 2 aromatic carbocycles. The Morgan fingerprint density at radius 3 is 2.45 bits per heavy atom. The maximum atomic E-state index is 12.1. The average Bonchev–Trinajstić information content (AvgIpc) is 2.80. The van der Waals surface area contributed by atoms with E-state index < -0.39 is 3.92 Å². The molecule has 3 rings (SSSR count). The Bertz CT molecular complexity index is 716. The van der Waals surface area contributed by atoms with Crippen molar-refractivity contribution in [2.75, 3.05) is 6.54 Å². The smallest absolute Gasteiger partial charge is 0.283 e. The highest BCUT2D eigenvalue weighted by Gasteiger charge is 2.37. The van der Waals surface area contributed by atoms with Crippen LogP contribution in [0.1, 0.15) is 5.56 Å². The Kier molecular flexibility index (Phi) is 3.36. The van der Waals surface area contributed by atoms with Crippen LogP contribution in [0.2, 0.25) is 0 Å². The zero-order chi connectivity index (χ0) is 14.3. The van der Waals surface area contributed by atoms with E-state index in [2.05, 4.69) is 5.10 Å². The second-order valence-corrected chi connectivity index (χ2v) is 6.65. The summed E-state index contributed by atoms with van der Waals surface area (Å²) in [7, 11) is 0. The highest BCUT2D eigenvalue weighted by atomic mass is 35.6. The monoisotopic (exact) mass is 326 g/mol. The minimum absolute atomic E-state index is 0.0327. The molecule has 20 heavy (non-hydrogen) atoms. The molecule has 1 aliphatic rings. The molecule has 3 nitrogen and oxygen atoms in total. The third-order valence-corrected chi connectivity index (χ3v) is 3.70. The summed E-state index contributed by atoms with van der Waals surface area (Å²) < 4.78 is -1.72. The van der Waals surface area contributed by atoms with Crippen molar-refractivity contribution in [1.29, 1.82) is 0 Å². The fourth-order valence-electron chi connectivity index (χ4n) is 2.21. The molecule has 0 atom stereocenters. The van der Waals surface area contributed by atoms with Crippen LogP contribution >= 0.6 is 34.8 Å². The molecule has 0 fully saturated rings. The van der Waals surface area contributed by atoms with Crippen molar-refractivity contribution in [3.63, 3.8) is 0 Å². The Morgan fingerprint density at radius 1 is 1.05 bits per heavy atom. The van der Waals surface area contributed by atoms with Crippen LogP contribution in [0.15, 0.2) is 47.6 Å². The Balaban J connectivity index is 2.14. The number of ketones is 1. The number of hydrazone groups is 1. The second kappa shape index (κ2) is 4.92. The van der Waals surface area contributed by atoms with Crippen LogP contribution in [0.3, 0.4) is 0 Å². The van der Waals surface area contributed by atoms with Crippen LogP contribution in [-0.2, 0) is 4.79 Å². The predicted molar refractivity (Wildman–Crippen MR) is 82.5 cm³/mol. The quantitative estimate of drug-likeness (QED) is 0.590. The molecule has 102 valence electrons. The number of halogens is 3. The molecule has 0 saturated heterocycles. The van der Waals surface area contributed by atoms with E-state index in [1.54, 1.807) is 0 Å². The van der Waals surface area contributed by atoms with Gasteiger partial charge in [0.2, 0.25) is 5.78 Å². The maximum Gasteiger partial charge on any atom is 0.283 e. The van der Waals surface area contributed by atoms with Gasteiger partial charge in [-0.1, -0.05) is 77.3 Å². The van der Waals surface area contributed by atoms with Gasteiger partial charge in [-0.15, -0.1) is 0 Å². The standard InChI is InChI=1S/C14H9Cl3N2O/c15-14(16,17)19-8-12(20)13(18-19)11-7-3-5-9-4-1-2-6-10(9)11/h1-7H,8H2. The molecule has 0 N–H and O–H groups in total. The molecular formula is C14H9Cl3N2O. The van der Waals surface area contributed by atoms with Gasteiger partial charge in [0.15, 0.2) is 0 Å². The number of hydrogen-bond acceptors (Lipinski definition) is 3. The minimum atomic E-state index is -1.72. The summed E-state index contributed by atoms with van der Waals surface area (Å²) in [5.41, 5.74) is 1.08. The number of fused-ring (bicyclic) bond motifs is 1. The SMILES string of the molecule is O=C1CN(C(Cl)(Cl)Cl)N=C1c1cccc2ccccc12. The molecule has 2 aromatic rings. The first-order valence-corrected chi connectivity index (χ1v) is 7.04. The third-order valence-electron chi connectivity index (χ3n) is 3.12. The normalized spacial score (nSPS) is 15.8. The molecule has 0 amide bonds. The van der Waals surface area contributed by atoms with Gasteiger partial charge < -0.3 is 0 Å². The highest BCUT2D eigenvalue weighted by molar-refractivity contribution is 6.67. The molecular weight excluding hydrogens is 319 g/mol. The molecule has 0 aliphatic carbocycles. The summed E-state index contributed by atoms with van der Waals surface area (Å²) in [6, 6.07) is 13.5. The van der Waals surface area contributed by atoms with Gasteiger partial charge in [-0.25, -0.2) is 5.01 Å². The number of alkyl halides is 3. The second-order valence-electron chi connectivity index (χ2n) is 4.42. The van der Waals surface area contributed by atoms with E-state index >= 15 is 0 Å². The van der Waals surface area contributed by atoms with Gasteiger partial charge >= 0.3 is 0 Å². The van der Waals surface area contributed by atoms with Crippen molar-refractivity contribution >= 4 is 57.1 Å². The van der Waals surface area contributed by atoms with E-state index in [0.29, 0.717) is 5.71 Å². The first-order valence-electron chi connectivity index (χ1n) is 5.91. The third kappa shape index (κ3) is 2.37. The van der Waals surface area contributed by atoms with Crippen LogP contribution in [0.4, 0.5) is 0 Å². The molecule has 6 heteroatoms. The molecule has 0 radical (unpaired) electrons. The molecule has 0 aromatic heterocycles. The van der Waals surface area contributed by atoms with E-state index in [4.69, 9.17) is 34.8 Å². The van der Waals surface area contributed by atoms with Crippen LogP contribution < -0.4 is 0 Å². The first kappa shape index (κ1) is 13.7. The van der Waals surface area contributed by atoms with E-state index in [-0.39, 0.29) is 12.3 Å². The zero-order valence-corrected chi connectivity index (χ0v) is 12.5. The lowest BCUT2D eigenvalue weighted by Gasteiger charge is -2.20. The topological polar surface area (TPSA) is 32.7 Å². The van der Waals surface area contributed by atoms with Crippen molar-refractivity contribution in [2.24, 2.45) is 5.10 Å². The maximum absolute atomic E-state index is 12.1. The van der Waals surface area contributed by atoms with Gasteiger partial charge in [0.25, 0.3) is 3.92 Å². The lowest BCUT2D eigenvalue weighted by molar-refractivity contribution is -0.112. The van der Waals surface area contributed by atoms with Crippen LogP contribution in [0.5, 0.6) is 0 Å². The summed E-state index contributed by atoms with van der Waals surface area (Å²) in [5, 5.41) is 7.32. The molecule has 1 heterocycles. The van der Waals surface area contributed by atoms with Gasteiger partial charge in [0, 0.05) is 5.56 Å². The van der Waals surface area contributed by atoms with Crippen molar-refractivity contribution in [2.45, 2.75) is 3.92 Å². The van der Waals surface area contributed by atoms with Gasteiger partial charge in [-0.2, -0.15) is 5.10 Å². The van der Waals surface area contributed by atoms with Crippen molar-refractivity contribution < 1.29 is 4.79 Å². The van der Waals surface area contributed by atoms with Crippen LogP contribution in [-0.4, -0.2) is 27.0 Å². The first-order chi connectivity index (χ1) is 9.47. The Hall–Kier alpha value is -1.29. The lowest BCUT2D eigenvalue weighted by Crippen LogP contribution is -2.30. The van der Waals surface area contributed by atoms with Gasteiger partial charge in [0.1, 0.15) is 12.3 Å². The number of Topliss-reactive ketones (excluding diaryl/α,β-unsaturated/α-hetero) is 1. The zero-order valence-electron chi connectivity index (χ0n) is 10.2. The summed E-state index contributed by atoms with van der Waals surface area (Å²) in [4.78, 5) is 12.1. The van der Waals surface area contributed by atoms with Crippen molar-refractivity contribution in [3.05, 3.63) is 48.0 Å². The molecule has 0 spiro atoms. The van der Waals surface area contributed by atoms with Crippen LogP contribution in [0, 0.1) is 0 Å². The van der Waals surface area contributed by atoms with E-state index in [9.17, 15) is 4.79 Å². The van der Waals surface area contributed by atoms with E-state index in [1.807, 2.05) is 42.5 Å². The predicted octanol–water partition coefficient (Wildman–Crippen LogP) is 3.76. The number of nitrogens with zero attached hydrogens (tertiary/aromatic N) is 2. The minimum Gasteiger partial charge on any atom is -0.290 e. The van der Waals surface area contributed by atoms with Crippen molar-refractivity contribution in [3.8, 4) is 0 Å². The summed E-state index contributed by atoms with van der Waals surface area (Å²) in [6.45, 7) is -0.0327. The number of carbonyl (C=O) groups excluding carboxylic acids is 1. The summed E-state index contributed by atoms with van der Waals surface area (Å²) >= 11 is 17.3. The van der Waals surface area contributed by atoms with Crippen LogP contribution in [0.25, 0.3) is 10.8 Å². The highest BCUT2D eigenvalue weighted by Crippen LogP contribution is 2.34. The number of benzene rings is 2. The fraction of sp³-hybridized carbons (Fsp3) is 0.143. The lowest BCUT2D eigenvalue weighted by atomic mass is 9.99. The largest absolute Gasteiger partial charge is 0.290 e. The number of hydrogen-bond donors (Lipinski definition) is 0. The van der Waals surface area contributed by atoms with Gasteiger partial charge in [-0.05, 0) is 10.8 Å². The molecule has 0 bridgehead atoms.